The molecule has 29 heavy (non-hydrogen) atoms. The number of imidazole rings is 1. The molecule has 0 fully saturated rings. The van der Waals surface area contributed by atoms with E-state index in [9.17, 15) is 0 Å². The van der Waals surface area contributed by atoms with Crippen LogP contribution >= 0.6 is 11.3 Å². The molecule has 0 radical (unpaired) electrons. The molecule has 6 heterocycles. The van der Waals surface area contributed by atoms with E-state index in [1.54, 1.807) is 42.3 Å². The smallest absolute Gasteiger partial charge is 0.159 e. The summed E-state index contributed by atoms with van der Waals surface area (Å²) < 4.78 is 0. The van der Waals surface area contributed by atoms with Gasteiger partial charge >= 0.3 is 0 Å². The molecule has 138 valence electrons. The maximum absolute atomic E-state index is 4.82. The summed E-state index contributed by atoms with van der Waals surface area (Å²) in [6.07, 6.45) is 8.51. The maximum Gasteiger partial charge on any atom is 0.159 e. The van der Waals surface area contributed by atoms with Gasteiger partial charge in [0, 0.05) is 34.9 Å². The van der Waals surface area contributed by atoms with Crippen LogP contribution in [0.4, 0.5) is 0 Å². The highest BCUT2D eigenvalue weighted by atomic mass is 32.1. The first kappa shape index (κ1) is 16.0. The van der Waals surface area contributed by atoms with E-state index in [4.69, 9.17) is 4.98 Å². The highest BCUT2D eigenvalue weighted by Gasteiger charge is 2.17. The van der Waals surface area contributed by atoms with Crippen molar-refractivity contribution in [3.8, 4) is 34.2 Å². The largest absolute Gasteiger partial charge is 0.336 e. The third kappa shape index (κ3) is 2.59. The molecule has 0 aromatic carbocycles. The number of H-pyrrole nitrogens is 2. The first-order valence-electron chi connectivity index (χ1n) is 8.85. The number of thiophene rings is 1. The van der Waals surface area contributed by atoms with Gasteiger partial charge in [0.2, 0.25) is 0 Å². The minimum absolute atomic E-state index is 0.673. The number of pyridine rings is 2. The molecular formula is C20H12N8S. The van der Waals surface area contributed by atoms with Crippen LogP contribution in [0.5, 0.6) is 0 Å². The molecule has 0 spiro atoms. The lowest BCUT2D eigenvalue weighted by Crippen LogP contribution is -1.88. The van der Waals surface area contributed by atoms with Crippen LogP contribution < -0.4 is 0 Å². The van der Waals surface area contributed by atoms with Crippen molar-refractivity contribution in [3.05, 3.63) is 59.9 Å². The summed E-state index contributed by atoms with van der Waals surface area (Å²) in [5, 5.41) is 12.5. The zero-order valence-corrected chi connectivity index (χ0v) is 15.7. The zero-order chi connectivity index (χ0) is 19.2. The summed E-state index contributed by atoms with van der Waals surface area (Å²) in [5.41, 5.74) is 6.62. The van der Waals surface area contributed by atoms with Crippen LogP contribution in [0, 0.1) is 0 Å². The zero-order valence-electron chi connectivity index (χ0n) is 14.9. The van der Waals surface area contributed by atoms with Gasteiger partial charge < -0.3 is 4.98 Å². The summed E-state index contributed by atoms with van der Waals surface area (Å²) in [6.45, 7) is 0. The summed E-state index contributed by atoms with van der Waals surface area (Å²) in [4.78, 5) is 25.6. The van der Waals surface area contributed by atoms with Crippen molar-refractivity contribution in [1.82, 2.24) is 40.1 Å². The number of fused-ring (bicyclic) bond motifs is 2. The van der Waals surface area contributed by atoms with Crippen molar-refractivity contribution in [1.29, 1.82) is 0 Å². The van der Waals surface area contributed by atoms with Crippen molar-refractivity contribution in [2.75, 3.05) is 0 Å². The lowest BCUT2D eigenvalue weighted by molar-refractivity contribution is 1.10. The second kappa shape index (κ2) is 6.28. The van der Waals surface area contributed by atoms with Crippen LogP contribution in [-0.2, 0) is 0 Å². The fourth-order valence-electron chi connectivity index (χ4n) is 3.33. The quantitative estimate of drug-likeness (QED) is 0.466. The second-order valence-electron chi connectivity index (χ2n) is 6.43. The lowest BCUT2D eigenvalue weighted by Gasteiger charge is -1.99. The predicted octanol–water partition coefficient (Wildman–Crippen LogP) is 4.08. The van der Waals surface area contributed by atoms with Crippen LogP contribution in [0.2, 0.25) is 0 Å². The Morgan fingerprint density at radius 3 is 2.72 bits per heavy atom. The monoisotopic (exact) mass is 396 g/mol. The third-order valence-corrected chi connectivity index (χ3v) is 5.38. The fraction of sp³-hybridized carbons (Fsp3) is 0. The molecule has 0 unspecified atom stereocenters. The standard InChI is InChI=1S/C20H12N8S/c1-3-23-17(11-2-6-29-10-11)19-13(1)25-20(26-19)18-12-7-14(16-8-21-4-5-22-16)24-9-15(12)27-28-18/h1-10H,(H,25,26)(H,27,28). The van der Waals surface area contributed by atoms with Crippen LogP contribution in [0.1, 0.15) is 0 Å². The molecule has 9 heteroatoms. The molecule has 0 aliphatic carbocycles. The normalized spacial score (nSPS) is 11.4. The molecule has 0 amide bonds. The Labute approximate surface area is 167 Å². The molecule has 8 nitrogen and oxygen atoms in total. The number of aromatic nitrogens is 8. The van der Waals surface area contributed by atoms with E-state index >= 15 is 0 Å². The number of aromatic amines is 2. The van der Waals surface area contributed by atoms with Gasteiger partial charge in [-0.25, -0.2) is 4.98 Å². The van der Waals surface area contributed by atoms with Crippen LogP contribution in [-0.4, -0.2) is 40.1 Å². The minimum Gasteiger partial charge on any atom is -0.336 e. The third-order valence-electron chi connectivity index (χ3n) is 4.69. The lowest BCUT2D eigenvalue weighted by atomic mass is 10.2. The SMILES string of the molecule is c1cnc(-c2cc3c(-c4nc5c(-c6ccsc6)nccc5[nH]4)n[nH]c3cn2)cn1. The molecule has 0 saturated carbocycles. The van der Waals surface area contributed by atoms with E-state index in [1.165, 1.54) is 0 Å². The van der Waals surface area contributed by atoms with Gasteiger partial charge in [-0.15, -0.1) is 0 Å². The van der Waals surface area contributed by atoms with E-state index in [0.717, 1.165) is 44.6 Å². The van der Waals surface area contributed by atoms with Crippen LogP contribution in [0.25, 0.3) is 56.1 Å². The molecule has 6 aromatic heterocycles. The summed E-state index contributed by atoms with van der Waals surface area (Å²) in [6, 6.07) is 5.91. The molecule has 2 N–H and O–H groups in total. The van der Waals surface area contributed by atoms with Gasteiger partial charge in [-0.05, 0) is 23.6 Å². The Kier molecular flexibility index (Phi) is 3.47. The first-order valence-corrected chi connectivity index (χ1v) is 9.79. The van der Waals surface area contributed by atoms with Crippen molar-refractivity contribution < 1.29 is 0 Å². The van der Waals surface area contributed by atoms with Crippen molar-refractivity contribution in [2.24, 2.45) is 0 Å². The number of nitrogens with one attached hydrogen (secondary N) is 2. The van der Waals surface area contributed by atoms with Crippen LogP contribution in [0.15, 0.2) is 59.9 Å². The molecule has 0 aliphatic rings. The highest BCUT2D eigenvalue weighted by Crippen LogP contribution is 2.31. The molecule has 6 rings (SSSR count). The van der Waals surface area contributed by atoms with Crippen LogP contribution in [0.3, 0.4) is 0 Å². The van der Waals surface area contributed by atoms with Gasteiger partial charge in [0.15, 0.2) is 5.82 Å². The van der Waals surface area contributed by atoms with Gasteiger partial charge in [-0.1, -0.05) is 0 Å². The number of rotatable bonds is 3. The first-order chi connectivity index (χ1) is 14.4. The Bertz CT molecular complexity index is 1450. The van der Waals surface area contributed by atoms with E-state index < -0.39 is 0 Å². The summed E-state index contributed by atoms with van der Waals surface area (Å²) in [5.74, 6) is 0.673. The Balaban J connectivity index is 1.53. The van der Waals surface area contributed by atoms with E-state index in [0.29, 0.717) is 11.5 Å². The average molecular weight is 396 g/mol. The van der Waals surface area contributed by atoms with Gasteiger partial charge in [0.1, 0.15) is 16.9 Å². The van der Waals surface area contributed by atoms with E-state index in [2.05, 4.69) is 40.5 Å². The number of nitrogens with zero attached hydrogens (tertiary/aromatic N) is 6. The molecule has 0 aliphatic heterocycles. The van der Waals surface area contributed by atoms with Gasteiger partial charge in [0.25, 0.3) is 0 Å². The average Bonchev–Trinajstić information content (AvgIpc) is 3.52. The molecular weight excluding hydrogens is 384 g/mol. The molecule has 0 bridgehead atoms. The summed E-state index contributed by atoms with van der Waals surface area (Å²) in [7, 11) is 0. The number of hydrogen-bond acceptors (Lipinski definition) is 7. The predicted molar refractivity (Wildman–Crippen MR) is 111 cm³/mol. The van der Waals surface area contributed by atoms with Gasteiger partial charge in [-0.2, -0.15) is 16.4 Å². The van der Waals surface area contributed by atoms with Crippen molar-refractivity contribution in [3.63, 3.8) is 0 Å². The molecule has 0 atom stereocenters. The Hall–Kier alpha value is -3.98. The second-order valence-corrected chi connectivity index (χ2v) is 7.21. The topological polar surface area (TPSA) is 109 Å². The van der Waals surface area contributed by atoms with Crippen molar-refractivity contribution >= 4 is 33.3 Å². The molecule has 6 aromatic rings. The van der Waals surface area contributed by atoms with E-state index in [-0.39, 0.29) is 0 Å². The Morgan fingerprint density at radius 2 is 1.86 bits per heavy atom. The molecule has 0 saturated heterocycles. The maximum atomic E-state index is 4.82. The fourth-order valence-corrected chi connectivity index (χ4v) is 3.97. The highest BCUT2D eigenvalue weighted by molar-refractivity contribution is 7.08. The van der Waals surface area contributed by atoms with Gasteiger partial charge in [0.05, 0.1) is 34.8 Å². The summed E-state index contributed by atoms with van der Waals surface area (Å²) >= 11 is 1.64. The minimum atomic E-state index is 0.673. The van der Waals surface area contributed by atoms with E-state index in [1.807, 2.05) is 23.6 Å². The Morgan fingerprint density at radius 1 is 0.862 bits per heavy atom. The van der Waals surface area contributed by atoms with Crippen molar-refractivity contribution in [2.45, 2.75) is 0 Å². The number of hydrogen-bond donors (Lipinski definition) is 2. The van der Waals surface area contributed by atoms with Gasteiger partial charge in [-0.3, -0.25) is 25.0 Å².